The van der Waals surface area contributed by atoms with Crippen molar-refractivity contribution in [2.75, 3.05) is 19.6 Å². The molecule has 1 aliphatic rings. The molecule has 2 N–H and O–H groups in total. The molecule has 1 unspecified atom stereocenters. The number of carbonyl (C=O) groups excluding carboxylic acids is 1. The zero-order chi connectivity index (χ0) is 13.0. The number of carboxylic acid groups (broad SMARTS) is 1. The van der Waals surface area contributed by atoms with Crippen molar-refractivity contribution in [3.63, 3.8) is 0 Å². The fraction of sp³-hybridized carbons (Fsp3) is 0.417. The predicted molar refractivity (Wildman–Crippen MR) is 63.6 cm³/mol. The summed E-state index contributed by atoms with van der Waals surface area (Å²) in [6, 6.07) is 5.55. The Balaban J connectivity index is 2.05. The first-order chi connectivity index (χ1) is 8.65. The van der Waals surface area contributed by atoms with Crippen LogP contribution in [0.4, 0.5) is 0 Å². The van der Waals surface area contributed by atoms with E-state index in [1.54, 1.807) is 6.20 Å². The zero-order valence-electron chi connectivity index (χ0n) is 9.87. The van der Waals surface area contributed by atoms with E-state index in [9.17, 15) is 9.59 Å². The van der Waals surface area contributed by atoms with Gasteiger partial charge in [-0.15, -0.1) is 0 Å². The summed E-state index contributed by atoms with van der Waals surface area (Å²) in [6.45, 7) is 1.23. The Morgan fingerprint density at radius 3 is 3.06 bits per heavy atom. The minimum Gasteiger partial charge on any atom is -0.481 e. The van der Waals surface area contributed by atoms with Crippen molar-refractivity contribution in [3.05, 3.63) is 30.1 Å². The summed E-state index contributed by atoms with van der Waals surface area (Å²) >= 11 is 0. The van der Waals surface area contributed by atoms with Gasteiger partial charge in [-0.2, -0.15) is 0 Å². The monoisotopic (exact) mass is 249 g/mol. The molecule has 0 spiro atoms. The van der Waals surface area contributed by atoms with Crippen LogP contribution < -0.4 is 5.32 Å². The second kappa shape index (κ2) is 5.59. The maximum atomic E-state index is 11.5. The molecule has 0 saturated carbocycles. The second-order valence-corrected chi connectivity index (χ2v) is 4.33. The molecule has 1 aromatic rings. The molecule has 2 rings (SSSR count). The van der Waals surface area contributed by atoms with Gasteiger partial charge in [0, 0.05) is 25.8 Å². The Bertz CT molecular complexity index is 435. The average Bonchev–Trinajstić information content (AvgIpc) is 2.52. The number of pyridine rings is 1. The van der Waals surface area contributed by atoms with Crippen LogP contribution in [0.25, 0.3) is 0 Å². The molecule has 0 bridgehead atoms. The van der Waals surface area contributed by atoms with Crippen LogP contribution in [-0.2, 0) is 16.1 Å². The van der Waals surface area contributed by atoms with E-state index in [1.807, 2.05) is 23.1 Å². The number of nitrogens with one attached hydrogen (secondary N) is 1. The van der Waals surface area contributed by atoms with Crippen LogP contribution >= 0.6 is 0 Å². The molecule has 96 valence electrons. The van der Waals surface area contributed by atoms with Gasteiger partial charge in [0.25, 0.3) is 0 Å². The SMILES string of the molecule is O=C1CN(Cc2ccccn2)CC(C(=O)O)CN1. The molecule has 18 heavy (non-hydrogen) atoms. The lowest BCUT2D eigenvalue weighted by Gasteiger charge is -2.20. The quantitative estimate of drug-likeness (QED) is 0.769. The summed E-state index contributed by atoms with van der Waals surface area (Å²) in [6.07, 6.45) is 1.68. The van der Waals surface area contributed by atoms with Crippen molar-refractivity contribution in [1.82, 2.24) is 15.2 Å². The molecule has 6 nitrogen and oxygen atoms in total. The summed E-state index contributed by atoms with van der Waals surface area (Å²) < 4.78 is 0. The smallest absolute Gasteiger partial charge is 0.309 e. The van der Waals surface area contributed by atoms with Gasteiger partial charge in [0.2, 0.25) is 5.91 Å². The van der Waals surface area contributed by atoms with E-state index in [0.29, 0.717) is 13.1 Å². The topological polar surface area (TPSA) is 82.5 Å². The van der Waals surface area contributed by atoms with Gasteiger partial charge in [-0.3, -0.25) is 19.5 Å². The fourth-order valence-electron chi connectivity index (χ4n) is 1.94. The maximum Gasteiger partial charge on any atom is 0.309 e. The molecule has 0 aromatic carbocycles. The largest absolute Gasteiger partial charge is 0.481 e. The molecule has 2 heterocycles. The van der Waals surface area contributed by atoms with Crippen molar-refractivity contribution < 1.29 is 14.7 Å². The third-order valence-electron chi connectivity index (χ3n) is 2.85. The number of nitrogens with zero attached hydrogens (tertiary/aromatic N) is 2. The minimum absolute atomic E-state index is 0.144. The highest BCUT2D eigenvalue weighted by atomic mass is 16.4. The van der Waals surface area contributed by atoms with Crippen molar-refractivity contribution in [3.8, 4) is 0 Å². The number of carboxylic acids is 1. The molecule has 1 atom stereocenters. The minimum atomic E-state index is -0.886. The first-order valence-corrected chi connectivity index (χ1v) is 5.77. The first kappa shape index (κ1) is 12.5. The lowest BCUT2D eigenvalue weighted by atomic mass is 10.1. The van der Waals surface area contributed by atoms with E-state index in [-0.39, 0.29) is 19.0 Å². The summed E-state index contributed by atoms with van der Waals surface area (Å²) in [5, 5.41) is 11.6. The van der Waals surface area contributed by atoms with Crippen LogP contribution in [0.3, 0.4) is 0 Å². The highest BCUT2D eigenvalue weighted by Crippen LogP contribution is 2.08. The van der Waals surface area contributed by atoms with Crippen molar-refractivity contribution in [2.45, 2.75) is 6.54 Å². The van der Waals surface area contributed by atoms with Crippen molar-refractivity contribution >= 4 is 11.9 Å². The molecular formula is C12H15N3O3. The third-order valence-corrected chi connectivity index (χ3v) is 2.85. The molecule has 1 aliphatic heterocycles. The molecule has 0 aliphatic carbocycles. The molecule has 1 aromatic heterocycles. The normalized spacial score (nSPS) is 21.1. The van der Waals surface area contributed by atoms with E-state index in [2.05, 4.69) is 10.3 Å². The van der Waals surface area contributed by atoms with Gasteiger partial charge in [0.1, 0.15) is 0 Å². The number of aromatic nitrogens is 1. The van der Waals surface area contributed by atoms with Gasteiger partial charge >= 0.3 is 5.97 Å². The third kappa shape index (κ3) is 3.27. The van der Waals surface area contributed by atoms with E-state index in [4.69, 9.17) is 5.11 Å². The lowest BCUT2D eigenvalue weighted by molar-refractivity contribution is -0.142. The average molecular weight is 249 g/mol. The van der Waals surface area contributed by atoms with E-state index < -0.39 is 11.9 Å². The van der Waals surface area contributed by atoms with Crippen LogP contribution in [0.15, 0.2) is 24.4 Å². The number of rotatable bonds is 3. The Morgan fingerprint density at radius 1 is 1.56 bits per heavy atom. The number of hydrogen-bond acceptors (Lipinski definition) is 4. The molecule has 1 fully saturated rings. The Labute approximate surface area is 105 Å². The maximum absolute atomic E-state index is 11.5. The fourth-order valence-corrected chi connectivity index (χ4v) is 1.94. The second-order valence-electron chi connectivity index (χ2n) is 4.33. The van der Waals surface area contributed by atoms with Gasteiger partial charge in [-0.25, -0.2) is 0 Å². The van der Waals surface area contributed by atoms with Gasteiger partial charge < -0.3 is 10.4 Å². The van der Waals surface area contributed by atoms with Crippen LogP contribution in [0.5, 0.6) is 0 Å². The summed E-state index contributed by atoms with van der Waals surface area (Å²) in [4.78, 5) is 28.5. The molecule has 1 amide bonds. The standard InChI is InChI=1S/C12H15N3O3/c16-11-8-15(6-9(5-14-11)12(17)18)7-10-3-1-2-4-13-10/h1-4,9H,5-8H2,(H,14,16)(H,17,18). The van der Waals surface area contributed by atoms with Gasteiger partial charge in [0.05, 0.1) is 18.2 Å². The molecular weight excluding hydrogens is 234 g/mol. The summed E-state index contributed by atoms with van der Waals surface area (Å²) in [7, 11) is 0. The van der Waals surface area contributed by atoms with Crippen molar-refractivity contribution in [1.29, 1.82) is 0 Å². The number of amides is 1. The summed E-state index contributed by atoms with van der Waals surface area (Å²) in [5.41, 5.74) is 0.830. The van der Waals surface area contributed by atoms with E-state index in [1.165, 1.54) is 0 Å². The van der Waals surface area contributed by atoms with Gasteiger partial charge in [-0.1, -0.05) is 6.07 Å². The molecule has 6 heteroatoms. The predicted octanol–water partition coefficient (Wildman–Crippen LogP) is -0.286. The highest BCUT2D eigenvalue weighted by molar-refractivity contribution is 5.80. The summed E-state index contributed by atoms with van der Waals surface area (Å²) in [5.74, 6) is -1.60. The lowest BCUT2D eigenvalue weighted by Crippen LogP contribution is -2.34. The number of carbonyl (C=O) groups is 2. The van der Waals surface area contributed by atoms with E-state index >= 15 is 0 Å². The Hall–Kier alpha value is -1.95. The number of hydrogen-bond donors (Lipinski definition) is 2. The van der Waals surface area contributed by atoms with Crippen molar-refractivity contribution in [2.24, 2.45) is 5.92 Å². The Kier molecular flexibility index (Phi) is 3.88. The van der Waals surface area contributed by atoms with E-state index in [0.717, 1.165) is 5.69 Å². The molecule has 0 radical (unpaired) electrons. The van der Waals surface area contributed by atoms with Crippen LogP contribution in [0, 0.1) is 5.92 Å². The van der Waals surface area contributed by atoms with Crippen LogP contribution in [-0.4, -0.2) is 46.5 Å². The zero-order valence-corrected chi connectivity index (χ0v) is 9.87. The van der Waals surface area contributed by atoms with Crippen LogP contribution in [0.1, 0.15) is 5.69 Å². The number of aliphatic carboxylic acids is 1. The highest BCUT2D eigenvalue weighted by Gasteiger charge is 2.26. The van der Waals surface area contributed by atoms with Gasteiger partial charge in [0.15, 0.2) is 0 Å². The van der Waals surface area contributed by atoms with Crippen LogP contribution in [0.2, 0.25) is 0 Å². The molecule has 1 saturated heterocycles. The Morgan fingerprint density at radius 2 is 2.39 bits per heavy atom. The first-order valence-electron chi connectivity index (χ1n) is 5.77. The van der Waals surface area contributed by atoms with Gasteiger partial charge in [-0.05, 0) is 12.1 Å².